The Morgan fingerprint density at radius 3 is 2.88 bits per heavy atom. The molecule has 16 heavy (non-hydrogen) atoms. The van der Waals surface area contributed by atoms with Crippen LogP contribution in [-0.4, -0.2) is 0 Å². The van der Waals surface area contributed by atoms with Gasteiger partial charge in [-0.05, 0) is 49.8 Å². The second-order valence-corrected chi connectivity index (χ2v) is 4.96. The molecule has 1 heterocycles. The second-order valence-electron chi connectivity index (χ2n) is 4.96. The topological polar surface area (TPSA) is 9.23 Å². The number of ether oxygens (including phenoxy) is 1. The van der Waals surface area contributed by atoms with Gasteiger partial charge in [-0.1, -0.05) is 23.8 Å². The van der Waals surface area contributed by atoms with Gasteiger partial charge in [0.15, 0.2) is 0 Å². The highest BCUT2D eigenvalue weighted by molar-refractivity contribution is 5.72. The number of fused-ring (bicyclic) bond motifs is 2. The predicted octanol–water partition coefficient (Wildman–Crippen LogP) is 4.37. The molecular formula is C15H18O. The van der Waals surface area contributed by atoms with Gasteiger partial charge in [-0.2, -0.15) is 0 Å². The molecule has 0 aromatic heterocycles. The van der Waals surface area contributed by atoms with E-state index < -0.39 is 0 Å². The van der Waals surface area contributed by atoms with Crippen LogP contribution in [0.2, 0.25) is 0 Å². The van der Waals surface area contributed by atoms with Crippen LogP contribution >= 0.6 is 0 Å². The summed E-state index contributed by atoms with van der Waals surface area (Å²) < 4.78 is 6.05. The van der Waals surface area contributed by atoms with Crippen LogP contribution in [0.3, 0.4) is 0 Å². The third kappa shape index (κ3) is 1.46. The van der Waals surface area contributed by atoms with Crippen molar-refractivity contribution in [2.45, 2.75) is 45.6 Å². The average Bonchev–Trinajstić information content (AvgIpc) is 2.29. The first-order valence-corrected chi connectivity index (χ1v) is 6.25. The molecule has 1 heteroatoms. The molecule has 0 saturated carbocycles. The van der Waals surface area contributed by atoms with Crippen molar-refractivity contribution in [1.29, 1.82) is 0 Å². The van der Waals surface area contributed by atoms with Crippen molar-refractivity contribution >= 4 is 5.57 Å². The number of hydrogen-bond donors (Lipinski definition) is 0. The smallest absolute Gasteiger partial charge is 0.121 e. The highest BCUT2D eigenvalue weighted by atomic mass is 16.5. The van der Waals surface area contributed by atoms with Gasteiger partial charge >= 0.3 is 0 Å². The molecule has 2 aliphatic rings. The third-order valence-corrected chi connectivity index (χ3v) is 3.71. The fraction of sp³-hybridized carbons (Fsp3) is 0.467. The lowest BCUT2D eigenvalue weighted by Gasteiger charge is -2.32. The van der Waals surface area contributed by atoms with Crippen LogP contribution in [0.5, 0.6) is 0 Å². The van der Waals surface area contributed by atoms with Crippen molar-refractivity contribution in [3.05, 3.63) is 40.6 Å². The molecule has 84 valence electrons. The number of aryl methyl sites for hydroxylation is 1. The van der Waals surface area contributed by atoms with E-state index in [9.17, 15) is 0 Å². The zero-order valence-corrected chi connectivity index (χ0v) is 10.0. The molecule has 0 amide bonds. The standard InChI is InChI=1S/C15H18O/c1-10-7-8-12-13-5-3-4-6-15(13)16-11(2)14(12)9-10/h7-9,11H,3-6H2,1-2H3. The van der Waals surface area contributed by atoms with Gasteiger partial charge in [0.25, 0.3) is 0 Å². The van der Waals surface area contributed by atoms with Crippen molar-refractivity contribution in [3.8, 4) is 0 Å². The normalized spacial score (nSPS) is 23.5. The Bertz CT molecular complexity index is 457. The molecular weight excluding hydrogens is 196 g/mol. The van der Waals surface area contributed by atoms with E-state index in [4.69, 9.17) is 4.74 Å². The van der Waals surface area contributed by atoms with E-state index in [0.29, 0.717) is 0 Å². The summed E-state index contributed by atoms with van der Waals surface area (Å²) in [4.78, 5) is 0. The molecule has 0 spiro atoms. The molecule has 1 atom stereocenters. The Morgan fingerprint density at radius 2 is 2.00 bits per heavy atom. The zero-order chi connectivity index (χ0) is 11.1. The van der Waals surface area contributed by atoms with Crippen molar-refractivity contribution < 1.29 is 4.74 Å². The van der Waals surface area contributed by atoms with E-state index in [0.717, 1.165) is 6.42 Å². The molecule has 1 unspecified atom stereocenters. The third-order valence-electron chi connectivity index (χ3n) is 3.71. The molecule has 0 bridgehead atoms. The first-order valence-electron chi connectivity index (χ1n) is 6.25. The minimum Gasteiger partial charge on any atom is -0.490 e. The Hall–Kier alpha value is -1.24. The van der Waals surface area contributed by atoms with E-state index in [1.807, 2.05) is 0 Å². The lowest BCUT2D eigenvalue weighted by Crippen LogP contribution is -2.14. The monoisotopic (exact) mass is 214 g/mol. The van der Waals surface area contributed by atoms with Gasteiger partial charge in [-0.15, -0.1) is 0 Å². The van der Waals surface area contributed by atoms with E-state index in [1.54, 1.807) is 0 Å². The minimum absolute atomic E-state index is 0.228. The van der Waals surface area contributed by atoms with Crippen LogP contribution in [0.4, 0.5) is 0 Å². The van der Waals surface area contributed by atoms with Gasteiger partial charge in [0.1, 0.15) is 11.9 Å². The van der Waals surface area contributed by atoms with Crippen LogP contribution in [0.1, 0.15) is 55.4 Å². The Balaban J connectivity index is 2.16. The molecule has 0 saturated heterocycles. The molecule has 0 fully saturated rings. The summed E-state index contributed by atoms with van der Waals surface area (Å²) in [5.41, 5.74) is 5.62. The highest BCUT2D eigenvalue weighted by Crippen LogP contribution is 2.43. The second kappa shape index (κ2) is 3.65. The van der Waals surface area contributed by atoms with Crippen LogP contribution in [0, 0.1) is 6.92 Å². The number of hydrogen-bond acceptors (Lipinski definition) is 1. The van der Waals surface area contributed by atoms with Gasteiger partial charge in [0.05, 0.1) is 0 Å². The molecule has 0 N–H and O–H groups in total. The average molecular weight is 214 g/mol. The SMILES string of the molecule is Cc1ccc2c(c1)C(C)OC1=C2CCCC1. The fourth-order valence-corrected chi connectivity index (χ4v) is 2.86. The number of rotatable bonds is 0. The van der Waals surface area contributed by atoms with Crippen LogP contribution < -0.4 is 0 Å². The van der Waals surface area contributed by atoms with E-state index >= 15 is 0 Å². The number of benzene rings is 1. The summed E-state index contributed by atoms with van der Waals surface area (Å²) in [5, 5.41) is 0. The molecule has 0 radical (unpaired) electrons. The van der Waals surface area contributed by atoms with Crippen molar-refractivity contribution in [1.82, 2.24) is 0 Å². The van der Waals surface area contributed by atoms with Crippen molar-refractivity contribution in [2.75, 3.05) is 0 Å². The lowest BCUT2D eigenvalue weighted by atomic mass is 9.85. The molecule has 1 aromatic carbocycles. The quantitative estimate of drug-likeness (QED) is 0.623. The maximum Gasteiger partial charge on any atom is 0.121 e. The van der Waals surface area contributed by atoms with Crippen LogP contribution in [0.15, 0.2) is 24.0 Å². The first-order chi connectivity index (χ1) is 7.75. The Morgan fingerprint density at radius 1 is 1.19 bits per heavy atom. The summed E-state index contributed by atoms with van der Waals surface area (Å²) in [6.45, 7) is 4.31. The first kappa shape index (κ1) is 9.95. The van der Waals surface area contributed by atoms with E-state index in [1.165, 1.54) is 47.3 Å². The van der Waals surface area contributed by atoms with Crippen LogP contribution in [-0.2, 0) is 4.74 Å². The van der Waals surface area contributed by atoms with E-state index in [-0.39, 0.29) is 6.10 Å². The van der Waals surface area contributed by atoms with Gasteiger partial charge < -0.3 is 4.74 Å². The number of allylic oxidation sites excluding steroid dienone is 2. The fourth-order valence-electron chi connectivity index (χ4n) is 2.86. The minimum atomic E-state index is 0.228. The van der Waals surface area contributed by atoms with Crippen molar-refractivity contribution in [3.63, 3.8) is 0 Å². The summed E-state index contributed by atoms with van der Waals surface area (Å²) in [6, 6.07) is 6.78. The molecule has 1 aliphatic heterocycles. The zero-order valence-electron chi connectivity index (χ0n) is 10.0. The summed E-state index contributed by atoms with van der Waals surface area (Å²) >= 11 is 0. The molecule has 1 aliphatic carbocycles. The lowest BCUT2D eigenvalue weighted by molar-refractivity contribution is 0.117. The van der Waals surface area contributed by atoms with Gasteiger partial charge in [0.2, 0.25) is 0 Å². The predicted molar refractivity (Wildman–Crippen MR) is 66.1 cm³/mol. The molecule has 3 rings (SSSR count). The Labute approximate surface area is 97.1 Å². The van der Waals surface area contributed by atoms with E-state index in [2.05, 4.69) is 32.0 Å². The van der Waals surface area contributed by atoms with Gasteiger partial charge in [0, 0.05) is 6.42 Å². The summed E-state index contributed by atoms with van der Waals surface area (Å²) in [6.07, 6.45) is 5.15. The maximum absolute atomic E-state index is 6.05. The highest BCUT2D eigenvalue weighted by Gasteiger charge is 2.26. The Kier molecular flexibility index (Phi) is 2.27. The van der Waals surface area contributed by atoms with Gasteiger partial charge in [-0.3, -0.25) is 0 Å². The summed E-state index contributed by atoms with van der Waals surface area (Å²) in [5.74, 6) is 1.26. The maximum atomic E-state index is 6.05. The molecule has 1 aromatic rings. The largest absolute Gasteiger partial charge is 0.490 e. The van der Waals surface area contributed by atoms with Gasteiger partial charge in [-0.25, -0.2) is 0 Å². The van der Waals surface area contributed by atoms with Crippen LogP contribution in [0.25, 0.3) is 5.57 Å². The summed E-state index contributed by atoms with van der Waals surface area (Å²) in [7, 11) is 0. The van der Waals surface area contributed by atoms with Crippen molar-refractivity contribution in [2.24, 2.45) is 0 Å². The molecule has 1 nitrogen and oxygen atoms in total.